The van der Waals surface area contributed by atoms with E-state index in [-0.39, 0.29) is 62.5 Å². The number of rotatable bonds is 2. The summed E-state index contributed by atoms with van der Waals surface area (Å²) < 4.78 is 23.9. The van der Waals surface area contributed by atoms with Gasteiger partial charge in [-0.1, -0.05) is 45.9 Å². The highest BCUT2D eigenvalue weighted by Crippen LogP contribution is 2.53. The number of nitrogens with zero attached hydrogens (tertiary/aromatic N) is 1. The average Bonchev–Trinajstić information content (AvgIpc) is 3.74. The summed E-state index contributed by atoms with van der Waals surface area (Å²) in [6.45, 7) is 14.2. The van der Waals surface area contributed by atoms with Gasteiger partial charge in [-0.05, 0) is 32.8 Å². The summed E-state index contributed by atoms with van der Waals surface area (Å²) in [6.07, 6.45) is 5.66. The van der Waals surface area contributed by atoms with Gasteiger partial charge in [-0.15, -0.1) is 0 Å². The van der Waals surface area contributed by atoms with Crippen LogP contribution in [0.1, 0.15) is 93.2 Å². The molecule has 7 bridgehead atoms. The molecule has 1 saturated heterocycles. The number of nitrogens with one attached hydrogen (secondary N) is 3. The molecule has 6 aliphatic rings. The number of hydrogen-bond acceptors (Lipinski definition) is 14. The lowest BCUT2D eigenvalue weighted by Crippen LogP contribution is -2.57. The van der Waals surface area contributed by atoms with Crippen molar-refractivity contribution in [1.82, 2.24) is 16.0 Å². The lowest BCUT2D eigenvalue weighted by molar-refractivity contribution is -0.160. The number of phenols is 1. The summed E-state index contributed by atoms with van der Waals surface area (Å²) >= 11 is 0. The number of piperidine rings is 1. The largest absolute Gasteiger partial charge is 0.507 e. The molecule has 1 spiro atoms. The fourth-order valence-corrected chi connectivity index (χ4v) is 9.86. The molecule has 1 aromatic carbocycles. The topological polar surface area (TPSA) is 214 Å². The van der Waals surface area contributed by atoms with Crippen molar-refractivity contribution in [2.75, 3.05) is 20.2 Å². The first-order chi connectivity index (χ1) is 27.9. The first-order valence-electron chi connectivity index (χ1n) is 20.5. The summed E-state index contributed by atoms with van der Waals surface area (Å²) in [5.41, 5.74) is -0.0617. The number of ether oxygens (including phenoxy) is 4. The van der Waals surface area contributed by atoms with Crippen molar-refractivity contribution in [2.45, 2.75) is 104 Å². The van der Waals surface area contributed by atoms with Crippen molar-refractivity contribution in [3.8, 4) is 11.5 Å². The summed E-state index contributed by atoms with van der Waals surface area (Å²) in [7, 11) is 1.46. The number of carbonyl (C=O) groups is 4. The molecule has 318 valence electrons. The third kappa shape index (κ3) is 6.89. The number of methoxy groups -OCH3 is 1. The van der Waals surface area contributed by atoms with Crippen molar-refractivity contribution in [3.63, 3.8) is 0 Å². The number of hydrogen-bond donors (Lipinski definition) is 6. The van der Waals surface area contributed by atoms with Crippen LogP contribution in [0.2, 0.25) is 0 Å². The van der Waals surface area contributed by atoms with E-state index >= 15 is 0 Å². The van der Waals surface area contributed by atoms with Gasteiger partial charge in [0.25, 0.3) is 11.7 Å². The van der Waals surface area contributed by atoms with E-state index in [1.165, 1.54) is 34.1 Å². The molecule has 2 fully saturated rings. The molecular formula is C44H56N4O11. The number of esters is 1. The molecule has 2 unspecified atom stereocenters. The molecule has 7 rings (SSSR count). The van der Waals surface area contributed by atoms with Gasteiger partial charge in [-0.3, -0.25) is 24.2 Å². The van der Waals surface area contributed by atoms with E-state index in [1.807, 2.05) is 0 Å². The van der Waals surface area contributed by atoms with Gasteiger partial charge >= 0.3 is 11.8 Å². The lowest BCUT2D eigenvalue weighted by Gasteiger charge is -2.39. The quantitative estimate of drug-likeness (QED) is 0.236. The van der Waals surface area contributed by atoms with Crippen molar-refractivity contribution in [2.24, 2.45) is 40.5 Å². The number of aromatic hydroxyl groups is 1. The number of allylic oxidation sites excluding steroid dienone is 4. The zero-order valence-electron chi connectivity index (χ0n) is 35.0. The molecule has 1 saturated carbocycles. The molecule has 15 heteroatoms. The molecule has 6 N–H and O–H groups in total. The maximum Gasteiger partial charge on any atom is 0.312 e. The smallest absolute Gasteiger partial charge is 0.312 e. The van der Waals surface area contributed by atoms with Crippen molar-refractivity contribution >= 4 is 29.2 Å². The third-order valence-electron chi connectivity index (χ3n) is 13.5. The molecule has 1 amide bonds. The number of benzene rings is 1. The molecule has 4 aliphatic heterocycles. The molecule has 11 atom stereocenters. The fourth-order valence-electron chi connectivity index (χ4n) is 9.86. The zero-order valence-corrected chi connectivity index (χ0v) is 35.0. The molecule has 4 heterocycles. The number of carbonyl (C=O) groups excluding carboxylic acids is 4. The van der Waals surface area contributed by atoms with Crippen LogP contribution in [0, 0.1) is 42.4 Å². The van der Waals surface area contributed by atoms with E-state index in [0.29, 0.717) is 13.1 Å². The predicted octanol–water partition coefficient (Wildman–Crippen LogP) is 3.49. The van der Waals surface area contributed by atoms with Crippen LogP contribution in [0.25, 0.3) is 0 Å². The first kappa shape index (κ1) is 42.3. The van der Waals surface area contributed by atoms with Gasteiger partial charge in [-0.2, -0.15) is 0 Å². The molecule has 1 aromatic rings. The van der Waals surface area contributed by atoms with Gasteiger partial charge in [-0.25, -0.2) is 0 Å². The minimum absolute atomic E-state index is 0.0248. The summed E-state index contributed by atoms with van der Waals surface area (Å²) in [5, 5.41) is 44.6. The average molecular weight is 817 g/mol. The lowest BCUT2D eigenvalue weighted by atomic mass is 9.78. The van der Waals surface area contributed by atoms with Crippen LogP contribution in [0.15, 0.2) is 52.5 Å². The third-order valence-corrected chi connectivity index (χ3v) is 13.5. The Hall–Kier alpha value is -4.83. The Balaban J connectivity index is 1.37. The minimum atomic E-state index is -1.96. The molecular weight excluding hydrogens is 761 g/mol. The van der Waals surface area contributed by atoms with E-state index in [1.54, 1.807) is 58.9 Å². The Bertz CT molecular complexity index is 2110. The second-order valence-electron chi connectivity index (χ2n) is 17.3. The van der Waals surface area contributed by atoms with Crippen LogP contribution in [0.5, 0.6) is 11.5 Å². The van der Waals surface area contributed by atoms with E-state index < -0.39 is 88.7 Å². The Labute approximate surface area is 344 Å². The highest BCUT2D eigenvalue weighted by Gasteiger charge is 2.59. The van der Waals surface area contributed by atoms with Crippen LogP contribution < -0.4 is 20.7 Å². The highest BCUT2D eigenvalue weighted by atomic mass is 16.7. The number of aliphatic imine (C=N–C) groups is 1. The highest BCUT2D eigenvalue weighted by molar-refractivity contribution is 6.34. The fraction of sp³-hybridized carbons (Fsp3) is 0.568. The molecule has 0 radical (unpaired) electrons. The van der Waals surface area contributed by atoms with Gasteiger partial charge in [0.15, 0.2) is 0 Å². The van der Waals surface area contributed by atoms with Crippen molar-refractivity contribution < 1.29 is 53.4 Å². The van der Waals surface area contributed by atoms with Crippen LogP contribution in [-0.2, 0) is 23.8 Å². The van der Waals surface area contributed by atoms with Gasteiger partial charge in [0.05, 0.1) is 47.1 Å². The van der Waals surface area contributed by atoms with Crippen molar-refractivity contribution in [1.29, 1.82) is 0 Å². The van der Waals surface area contributed by atoms with Gasteiger partial charge < -0.3 is 50.2 Å². The minimum Gasteiger partial charge on any atom is -0.507 e. The number of ketones is 2. The Morgan fingerprint density at radius 1 is 0.932 bits per heavy atom. The number of Topliss-reactive ketones (excluding diaryl/α,β-unsaturated/α-hetero) is 2. The van der Waals surface area contributed by atoms with Gasteiger partial charge in [0.2, 0.25) is 5.78 Å². The molecule has 0 aromatic heterocycles. The summed E-state index contributed by atoms with van der Waals surface area (Å²) in [5.74, 6) is -7.10. The monoisotopic (exact) mass is 816 g/mol. The number of aliphatic hydroxyl groups excluding tert-OH is 2. The molecule has 2 aliphatic carbocycles. The van der Waals surface area contributed by atoms with Crippen LogP contribution in [0.3, 0.4) is 0 Å². The van der Waals surface area contributed by atoms with Crippen LogP contribution in [-0.4, -0.2) is 101 Å². The Morgan fingerprint density at radius 2 is 1.61 bits per heavy atom. The summed E-state index contributed by atoms with van der Waals surface area (Å²) in [6, 6.07) is 0. The van der Waals surface area contributed by atoms with E-state index in [9.17, 15) is 34.5 Å². The summed E-state index contributed by atoms with van der Waals surface area (Å²) in [4.78, 5) is 61.0. The Morgan fingerprint density at radius 3 is 2.25 bits per heavy atom. The van der Waals surface area contributed by atoms with E-state index in [2.05, 4.69) is 16.0 Å². The normalized spacial score (nSPS) is 39.0. The number of fused-ring (bicyclic) bond motifs is 3. The zero-order chi connectivity index (χ0) is 42.9. The van der Waals surface area contributed by atoms with Gasteiger partial charge in [0, 0.05) is 86.3 Å². The molecule has 15 nitrogen and oxygen atoms in total. The van der Waals surface area contributed by atoms with Crippen molar-refractivity contribution in [3.05, 3.63) is 69.8 Å². The maximum absolute atomic E-state index is 14.7. The van der Waals surface area contributed by atoms with E-state index in [4.69, 9.17) is 23.9 Å². The second-order valence-corrected chi connectivity index (χ2v) is 17.3. The number of phenolic OH excluding ortho intramolecular Hbond substituents is 1. The Kier molecular flexibility index (Phi) is 11.2. The van der Waals surface area contributed by atoms with Gasteiger partial charge in [0.1, 0.15) is 29.0 Å². The maximum atomic E-state index is 14.7. The second kappa shape index (κ2) is 15.6. The standard InChI is InChI=1S/C44H56N4O11/c1-19-11-10-12-20(2)42(55)46-34-33-32(47-44(48-33)26-13-14-27(44)18-45-17-26)29-30(38(34)53)37(52)24(6)40-31(29)41(54)43(8,59-40)57-16-15-28(56-9)21(3)39(58-25(7)49)23(5)36(51)22(4)35(19)50/h10-12,15-16,19,21-23,26-28,35-36,39,45,48,50-52H,13-14,17-18H2,1-9H3,(H,46,55)/b11-10+,16-15+,20-12-/t19-,21+,22+,23+,26?,27?,28-,35-,36+,39+,43-,44?/m0/s1. The number of aliphatic hydroxyl groups is 2. The number of amides is 1. The molecule has 59 heavy (non-hydrogen) atoms. The first-order valence-corrected chi connectivity index (χ1v) is 20.5. The predicted molar refractivity (Wildman–Crippen MR) is 215 cm³/mol. The van der Waals surface area contributed by atoms with Crippen LogP contribution >= 0.6 is 0 Å². The van der Waals surface area contributed by atoms with Crippen LogP contribution in [0.4, 0.5) is 0 Å². The SMILES string of the molecule is CO[C@H]1/C=C/O[C@@]2(C)Oc3c(C)c(O)c4c(c3C2=O)C2=NC3(NC2=C(NC(=O)/C(C)=C\C=C\[C@H](C)[C@H](O)[C@@H](C)[C@@H](O)[C@@H](C)[C@H](OC(C)=O)[C@@H]1C)C4=O)C1CCC3CNC1. The van der Waals surface area contributed by atoms with E-state index in [0.717, 1.165) is 12.8 Å².